The molecule has 0 saturated carbocycles. The molecule has 1 aliphatic heterocycles. The Kier molecular flexibility index (Phi) is 8.74. The Labute approximate surface area is 256 Å². The van der Waals surface area contributed by atoms with Gasteiger partial charge in [-0.15, -0.1) is 10.2 Å². The maximum absolute atomic E-state index is 13.2. The molecular weight excluding hydrogens is 554 g/mol. The van der Waals surface area contributed by atoms with Crippen LogP contribution >= 0.6 is 11.3 Å². The van der Waals surface area contributed by atoms with Crippen molar-refractivity contribution in [1.82, 2.24) is 34.9 Å². The average Bonchev–Trinajstić information content (AvgIpc) is 3.47. The van der Waals surface area contributed by atoms with Gasteiger partial charge in [-0.25, -0.2) is 9.97 Å². The number of carbonyl (C=O) groups excluding carboxylic acids is 1. The number of rotatable bonds is 9. The van der Waals surface area contributed by atoms with Crippen LogP contribution in [0.3, 0.4) is 0 Å². The first-order chi connectivity index (χ1) is 20.9. The molecule has 4 heterocycles. The summed E-state index contributed by atoms with van der Waals surface area (Å²) in [6, 6.07) is 18.3. The van der Waals surface area contributed by atoms with E-state index in [4.69, 9.17) is 4.98 Å². The molecule has 0 unspecified atom stereocenters. The Bertz CT molecular complexity index is 1730. The summed E-state index contributed by atoms with van der Waals surface area (Å²) in [4.78, 5) is 31.8. The summed E-state index contributed by atoms with van der Waals surface area (Å²) in [6.07, 6.45) is 6.32. The highest BCUT2D eigenvalue weighted by Crippen LogP contribution is 2.27. The molecule has 1 aliphatic rings. The third-order valence-corrected chi connectivity index (χ3v) is 8.81. The van der Waals surface area contributed by atoms with Crippen LogP contribution in [0.5, 0.6) is 0 Å². The van der Waals surface area contributed by atoms with Gasteiger partial charge < -0.3 is 4.90 Å². The molecular formula is C34H35N7OS. The molecule has 5 aromatic rings. The molecule has 0 amide bonds. The van der Waals surface area contributed by atoms with Crippen LogP contribution < -0.4 is 0 Å². The highest BCUT2D eigenvalue weighted by Gasteiger charge is 2.15. The number of benzene rings is 2. The lowest BCUT2D eigenvalue weighted by atomic mass is 9.97. The first kappa shape index (κ1) is 28.9. The number of aryl methyl sites for hydroxylation is 2. The summed E-state index contributed by atoms with van der Waals surface area (Å²) < 4.78 is 0. The third-order valence-electron chi connectivity index (χ3n) is 7.92. The van der Waals surface area contributed by atoms with Gasteiger partial charge in [0.1, 0.15) is 15.8 Å². The topological polar surface area (TPSA) is 88.0 Å². The fourth-order valence-corrected chi connectivity index (χ4v) is 5.97. The summed E-state index contributed by atoms with van der Waals surface area (Å²) in [6.45, 7) is 9.32. The van der Waals surface area contributed by atoms with E-state index >= 15 is 0 Å². The van der Waals surface area contributed by atoms with E-state index in [0.29, 0.717) is 12.8 Å². The number of pyridine rings is 1. The number of ketones is 1. The normalized spacial score (nSPS) is 14.2. The van der Waals surface area contributed by atoms with Crippen molar-refractivity contribution in [3.05, 3.63) is 112 Å². The van der Waals surface area contributed by atoms with E-state index in [1.54, 1.807) is 29.9 Å². The first-order valence-corrected chi connectivity index (χ1v) is 15.4. The average molecular weight is 590 g/mol. The molecule has 3 aromatic heterocycles. The molecule has 218 valence electrons. The van der Waals surface area contributed by atoms with Crippen molar-refractivity contribution in [2.24, 2.45) is 0 Å². The number of hydrogen-bond acceptors (Lipinski definition) is 9. The van der Waals surface area contributed by atoms with Crippen LogP contribution in [0.2, 0.25) is 0 Å². The SMILES string of the molecule is Cc1nnc(-c2cncc(-c3ccnc(Cc4cc(CC(=O)c5ccc(CN6CCN(C)CC6)cc5)ccc4C)n3)c2)s1. The van der Waals surface area contributed by atoms with Crippen LogP contribution in [0.15, 0.2) is 73.2 Å². The lowest BCUT2D eigenvalue weighted by molar-refractivity contribution is 0.0993. The highest BCUT2D eigenvalue weighted by molar-refractivity contribution is 7.14. The third kappa shape index (κ3) is 7.25. The number of likely N-dealkylation sites (N-methyl/N-ethyl adjacent to an activating group) is 1. The lowest BCUT2D eigenvalue weighted by Gasteiger charge is -2.32. The van der Waals surface area contributed by atoms with E-state index in [1.165, 1.54) is 5.56 Å². The predicted octanol–water partition coefficient (Wildman–Crippen LogP) is 5.44. The number of aromatic nitrogens is 5. The van der Waals surface area contributed by atoms with E-state index in [2.05, 4.69) is 68.2 Å². The first-order valence-electron chi connectivity index (χ1n) is 14.6. The molecule has 6 rings (SSSR count). The van der Waals surface area contributed by atoms with Crippen LogP contribution in [0.4, 0.5) is 0 Å². The Balaban J connectivity index is 1.12. The van der Waals surface area contributed by atoms with Gasteiger partial charge in [-0.1, -0.05) is 53.8 Å². The summed E-state index contributed by atoms with van der Waals surface area (Å²) in [7, 11) is 2.17. The Hall–Kier alpha value is -4.18. The van der Waals surface area contributed by atoms with Crippen LogP contribution in [0.1, 0.15) is 43.4 Å². The predicted molar refractivity (Wildman–Crippen MR) is 170 cm³/mol. The van der Waals surface area contributed by atoms with E-state index < -0.39 is 0 Å². The van der Waals surface area contributed by atoms with Crippen molar-refractivity contribution >= 4 is 17.1 Å². The maximum Gasteiger partial charge on any atom is 0.167 e. The van der Waals surface area contributed by atoms with Crippen LogP contribution in [-0.4, -0.2) is 74.0 Å². The van der Waals surface area contributed by atoms with Gasteiger partial charge >= 0.3 is 0 Å². The van der Waals surface area contributed by atoms with E-state index in [-0.39, 0.29) is 5.78 Å². The van der Waals surface area contributed by atoms with Gasteiger partial charge in [0.15, 0.2) is 5.78 Å². The van der Waals surface area contributed by atoms with Crippen molar-refractivity contribution in [3.63, 3.8) is 0 Å². The monoisotopic (exact) mass is 589 g/mol. The van der Waals surface area contributed by atoms with Gasteiger partial charge in [-0.2, -0.15) is 0 Å². The van der Waals surface area contributed by atoms with Gasteiger partial charge in [-0.3, -0.25) is 14.7 Å². The van der Waals surface area contributed by atoms with E-state index in [0.717, 1.165) is 87.6 Å². The molecule has 0 bridgehead atoms. The zero-order chi connectivity index (χ0) is 29.8. The quantitative estimate of drug-likeness (QED) is 0.210. The zero-order valence-electron chi connectivity index (χ0n) is 24.8. The standard InChI is InChI=1S/C34H35N7OS/c1-23-4-5-26(17-32(42)27-8-6-25(7-9-27)22-41-14-12-40(3)13-15-41)16-28(23)19-33-36-11-10-31(37-33)29-18-30(21-35-20-29)34-39-38-24(2)43-34/h4-11,16,18,20-21H,12-15,17,19,22H2,1-3H3. The van der Waals surface area contributed by atoms with E-state index in [1.807, 2.05) is 37.3 Å². The number of piperazine rings is 1. The second kappa shape index (κ2) is 13.0. The molecule has 0 aliphatic carbocycles. The minimum absolute atomic E-state index is 0.122. The Morgan fingerprint density at radius 1 is 0.884 bits per heavy atom. The van der Waals surface area contributed by atoms with Crippen molar-refractivity contribution in [2.75, 3.05) is 33.2 Å². The molecule has 9 heteroatoms. The molecule has 43 heavy (non-hydrogen) atoms. The summed E-state index contributed by atoms with van der Waals surface area (Å²) in [5, 5.41) is 10.1. The minimum Gasteiger partial charge on any atom is -0.304 e. The maximum atomic E-state index is 13.2. The van der Waals surface area contributed by atoms with E-state index in [9.17, 15) is 4.79 Å². The fourth-order valence-electron chi connectivity index (χ4n) is 5.30. The van der Waals surface area contributed by atoms with Crippen molar-refractivity contribution in [1.29, 1.82) is 0 Å². The molecule has 1 saturated heterocycles. The van der Waals surface area contributed by atoms with Gasteiger partial charge in [0, 0.05) is 80.8 Å². The largest absolute Gasteiger partial charge is 0.304 e. The molecule has 0 atom stereocenters. The smallest absolute Gasteiger partial charge is 0.167 e. The molecule has 0 N–H and O–H groups in total. The second-order valence-corrected chi connectivity index (χ2v) is 12.4. The highest BCUT2D eigenvalue weighted by atomic mass is 32.1. The van der Waals surface area contributed by atoms with Crippen molar-refractivity contribution in [2.45, 2.75) is 33.2 Å². The number of nitrogens with zero attached hydrogens (tertiary/aromatic N) is 7. The number of carbonyl (C=O) groups is 1. The fraction of sp³-hybridized carbons (Fsp3) is 0.294. The molecule has 8 nitrogen and oxygen atoms in total. The van der Waals surface area contributed by atoms with Gasteiger partial charge in [0.25, 0.3) is 0 Å². The van der Waals surface area contributed by atoms with Gasteiger partial charge in [-0.05, 0) is 55.3 Å². The number of Topliss-reactive ketones (excluding diaryl/α,β-unsaturated/α-hetero) is 1. The van der Waals surface area contributed by atoms with Crippen LogP contribution in [0.25, 0.3) is 21.8 Å². The summed E-state index contributed by atoms with van der Waals surface area (Å²) >= 11 is 1.54. The second-order valence-electron chi connectivity index (χ2n) is 11.3. The van der Waals surface area contributed by atoms with Crippen molar-refractivity contribution < 1.29 is 4.79 Å². The Morgan fingerprint density at radius 2 is 1.65 bits per heavy atom. The van der Waals surface area contributed by atoms with Crippen LogP contribution in [0, 0.1) is 13.8 Å². The van der Waals surface area contributed by atoms with Crippen LogP contribution in [-0.2, 0) is 19.4 Å². The molecule has 0 radical (unpaired) electrons. The molecule has 1 fully saturated rings. The number of hydrogen-bond donors (Lipinski definition) is 0. The molecule has 0 spiro atoms. The van der Waals surface area contributed by atoms with Gasteiger partial charge in [0.05, 0.1) is 5.69 Å². The van der Waals surface area contributed by atoms with Crippen molar-refractivity contribution in [3.8, 4) is 21.8 Å². The van der Waals surface area contributed by atoms with Gasteiger partial charge in [0.2, 0.25) is 0 Å². The summed E-state index contributed by atoms with van der Waals surface area (Å²) in [5.41, 5.74) is 7.88. The lowest BCUT2D eigenvalue weighted by Crippen LogP contribution is -2.43. The summed E-state index contributed by atoms with van der Waals surface area (Å²) in [5.74, 6) is 0.842. The minimum atomic E-state index is 0.122. The zero-order valence-corrected chi connectivity index (χ0v) is 25.6. The Morgan fingerprint density at radius 3 is 2.42 bits per heavy atom. The molecule has 2 aromatic carbocycles.